The summed E-state index contributed by atoms with van der Waals surface area (Å²) in [5.41, 5.74) is 2.06. The average molecular weight is 320 g/mol. The fourth-order valence-corrected chi connectivity index (χ4v) is 4.08. The largest absolute Gasteiger partial charge is 0.381 e. The number of rotatable bonds is 3. The van der Waals surface area contributed by atoms with Crippen LogP contribution in [0.3, 0.4) is 0 Å². The summed E-state index contributed by atoms with van der Waals surface area (Å²) in [5.74, 6) is 1.24. The second kappa shape index (κ2) is 6.92. The van der Waals surface area contributed by atoms with Gasteiger partial charge < -0.3 is 15.0 Å². The summed E-state index contributed by atoms with van der Waals surface area (Å²) in [5, 5.41) is 3.08. The van der Waals surface area contributed by atoms with Crippen molar-refractivity contribution in [2.24, 2.45) is 11.8 Å². The number of carbonyl (C=O) groups excluding carboxylic acids is 1. The van der Waals surface area contributed by atoms with Gasteiger partial charge in [0.25, 0.3) is 0 Å². The van der Waals surface area contributed by atoms with Crippen molar-refractivity contribution in [2.75, 3.05) is 37.9 Å². The zero-order valence-electron chi connectivity index (χ0n) is 13.3. The lowest BCUT2D eigenvalue weighted by Crippen LogP contribution is -2.34. The highest BCUT2D eigenvalue weighted by atomic mass is 32.2. The summed E-state index contributed by atoms with van der Waals surface area (Å²) in [4.78, 5) is 15.7. The Kier molecular flexibility index (Phi) is 4.93. The minimum Gasteiger partial charge on any atom is -0.381 e. The van der Waals surface area contributed by atoms with Crippen LogP contribution < -0.4 is 5.32 Å². The Morgan fingerprint density at radius 3 is 2.95 bits per heavy atom. The smallest absolute Gasteiger partial charge is 0.321 e. The van der Waals surface area contributed by atoms with E-state index in [1.807, 2.05) is 17.0 Å². The van der Waals surface area contributed by atoms with Crippen molar-refractivity contribution in [3.05, 3.63) is 23.8 Å². The number of nitrogens with one attached hydrogen (secondary N) is 1. The van der Waals surface area contributed by atoms with E-state index in [9.17, 15) is 4.79 Å². The van der Waals surface area contributed by atoms with Crippen LogP contribution in [0.4, 0.5) is 10.5 Å². The number of carbonyl (C=O) groups is 1. The van der Waals surface area contributed by atoms with Crippen molar-refractivity contribution in [2.45, 2.75) is 24.7 Å². The predicted octanol–water partition coefficient (Wildman–Crippen LogP) is 3.61. The molecule has 0 aliphatic carbocycles. The van der Waals surface area contributed by atoms with Gasteiger partial charge in [0.15, 0.2) is 0 Å². The lowest BCUT2D eigenvalue weighted by molar-refractivity contribution is 0.171. The molecule has 2 aliphatic rings. The van der Waals surface area contributed by atoms with Crippen LogP contribution in [-0.4, -0.2) is 43.5 Å². The molecule has 2 heterocycles. The van der Waals surface area contributed by atoms with Gasteiger partial charge in [0, 0.05) is 36.9 Å². The SMILES string of the molecule is CSc1cccc(NC(=O)N2CC[C@@H]([C@H]3CCOC3)C2)c1C. The number of amides is 2. The summed E-state index contributed by atoms with van der Waals surface area (Å²) in [7, 11) is 0. The second-order valence-electron chi connectivity index (χ2n) is 6.18. The summed E-state index contributed by atoms with van der Waals surface area (Å²) < 4.78 is 5.48. The minimum absolute atomic E-state index is 0.0303. The van der Waals surface area contributed by atoms with Crippen LogP contribution in [-0.2, 0) is 4.74 Å². The molecule has 2 atom stereocenters. The molecule has 2 fully saturated rings. The first kappa shape index (κ1) is 15.7. The van der Waals surface area contributed by atoms with Gasteiger partial charge in [0.05, 0.1) is 0 Å². The number of ether oxygens (including phenoxy) is 1. The predicted molar refractivity (Wildman–Crippen MR) is 90.6 cm³/mol. The van der Waals surface area contributed by atoms with E-state index in [-0.39, 0.29) is 6.03 Å². The topological polar surface area (TPSA) is 41.6 Å². The normalized spacial score (nSPS) is 24.7. The first-order valence-electron chi connectivity index (χ1n) is 7.96. The first-order valence-corrected chi connectivity index (χ1v) is 9.18. The lowest BCUT2D eigenvalue weighted by Gasteiger charge is -2.20. The molecule has 0 spiro atoms. The Balaban J connectivity index is 1.61. The van der Waals surface area contributed by atoms with E-state index in [0.717, 1.165) is 50.4 Å². The third-order valence-electron chi connectivity index (χ3n) is 4.89. The second-order valence-corrected chi connectivity index (χ2v) is 7.03. The fourth-order valence-electron chi connectivity index (χ4n) is 3.45. The molecule has 0 unspecified atom stereocenters. The van der Waals surface area contributed by atoms with Gasteiger partial charge in [-0.25, -0.2) is 4.79 Å². The van der Waals surface area contributed by atoms with E-state index in [4.69, 9.17) is 4.74 Å². The molecule has 1 N–H and O–H groups in total. The number of nitrogens with zero attached hydrogens (tertiary/aromatic N) is 1. The summed E-state index contributed by atoms with van der Waals surface area (Å²) >= 11 is 1.71. The van der Waals surface area contributed by atoms with Crippen LogP contribution >= 0.6 is 11.8 Å². The van der Waals surface area contributed by atoms with E-state index in [1.54, 1.807) is 11.8 Å². The summed E-state index contributed by atoms with van der Waals surface area (Å²) in [6, 6.07) is 6.09. The monoisotopic (exact) mass is 320 g/mol. The van der Waals surface area contributed by atoms with Gasteiger partial charge in [-0.1, -0.05) is 6.07 Å². The van der Waals surface area contributed by atoms with Gasteiger partial charge in [-0.15, -0.1) is 11.8 Å². The average Bonchev–Trinajstić information content (AvgIpc) is 3.20. The molecule has 0 saturated carbocycles. The van der Waals surface area contributed by atoms with Gasteiger partial charge in [-0.3, -0.25) is 0 Å². The van der Waals surface area contributed by atoms with Gasteiger partial charge in [0.2, 0.25) is 0 Å². The van der Waals surface area contributed by atoms with Gasteiger partial charge in [-0.2, -0.15) is 0 Å². The van der Waals surface area contributed by atoms with E-state index >= 15 is 0 Å². The number of anilines is 1. The van der Waals surface area contributed by atoms with E-state index in [2.05, 4.69) is 24.6 Å². The third kappa shape index (κ3) is 3.25. The maximum Gasteiger partial charge on any atom is 0.321 e. The highest BCUT2D eigenvalue weighted by Gasteiger charge is 2.33. The van der Waals surface area contributed by atoms with E-state index in [0.29, 0.717) is 11.8 Å². The molecule has 4 nitrogen and oxygen atoms in total. The zero-order valence-corrected chi connectivity index (χ0v) is 14.1. The molecule has 5 heteroatoms. The number of hydrogen-bond acceptors (Lipinski definition) is 3. The Morgan fingerprint density at radius 2 is 2.23 bits per heavy atom. The molecule has 0 radical (unpaired) electrons. The van der Waals surface area contributed by atoms with Gasteiger partial charge in [0.1, 0.15) is 0 Å². The standard InChI is InChI=1S/C17H24N2O2S/c1-12-15(4-3-5-16(12)22-2)18-17(20)19-8-6-13(10-19)14-7-9-21-11-14/h3-5,13-14H,6-11H2,1-2H3,(H,18,20)/t13-,14+/m1/s1. The molecule has 2 saturated heterocycles. The molecule has 22 heavy (non-hydrogen) atoms. The molecule has 2 aliphatic heterocycles. The van der Waals surface area contributed by atoms with Crippen molar-refractivity contribution in [3.8, 4) is 0 Å². The molecule has 1 aromatic rings. The maximum atomic E-state index is 12.5. The molecule has 120 valence electrons. The Morgan fingerprint density at radius 1 is 1.36 bits per heavy atom. The molecule has 1 aromatic carbocycles. The van der Waals surface area contributed by atoms with E-state index in [1.165, 1.54) is 4.90 Å². The van der Waals surface area contributed by atoms with Crippen molar-refractivity contribution in [1.29, 1.82) is 0 Å². The Bertz CT molecular complexity index is 543. The number of hydrogen-bond donors (Lipinski definition) is 1. The molecule has 0 bridgehead atoms. The Hall–Kier alpha value is -1.20. The molecular formula is C17H24N2O2S. The van der Waals surface area contributed by atoms with Crippen molar-refractivity contribution >= 4 is 23.5 Å². The molecule has 2 amide bonds. The fraction of sp³-hybridized carbons (Fsp3) is 0.588. The zero-order chi connectivity index (χ0) is 15.5. The van der Waals surface area contributed by atoms with Crippen LogP contribution in [0.1, 0.15) is 18.4 Å². The van der Waals surface area contributed by atoms with Crippen molar-refractivity contribution in [3.63, 3.8) is 0 Å². The highest BCUT2D eigenvalue weighted by molar-refractivity contribution is 7.98. The van der Waals surface area contributed by atoms with Crippen molar-refractivity contribution < 1.29 is 9.53 Å². The first-order chi connectivity index (χ1) is 10.7. The number of urea groups is 1. The van der Waals surface area contributed by atoms with Gasteiger partial charge in [-0.05, 0) is 55.6 Å². The number of benzene rings is 1. The molecular weight excluding hydrogens is 296 g/mol. The van der Waals surface area contributed by atoms with Crippen LogP contribution in [0.25, 0.3) is 0 Å². The molecule has 3 rings (SSSR count). The lowest BCUT2D eigenvalue weighted by atomic mass is 9.91. The maximum absolute atomic E-state index is 12.5. The molecule has 0 aromatic heterocycles. The highest BCUT2D eigenvalue weighted by Crippen LogP contribution is 2.31. The van der Waals surface area contributed by atoms with Gasteiger partial charge >= 0.3 is 6.03 Å². The van der Waals surface area contributed by atoms with E-state index < -0.39 is 0 Å². The number of thioether (sulfide) groups is 1. The van der Waals surface area contributed by atoms with Crippen LogP contribution in [0, 0.1) is 18.8 Å². The summed E-state index contributed by atoms with van der Waals surface area (Å²) in [6.07, 6.45) is 4.31. The quantitative estimate of drug-likeness (QED) is 0.865. The number of likely N-dealkylation sites (tertiary alicyclic amines) is 1. The van der Waals surface area contributed by atoms with Crippen LogP contribution in [0.2, 0.25) is 0 Å². The Labute approximate surface area is 136 Å². The third-order valence-corrected chi connectivity index (χ3v) is 5.77. The summed E-state index contributed by atoms with van der Waals surface area (Å²) in [6.45, 7) is 5.53. The van der Waals surface area contributed by atoms with Crippen molar-refractivity contribution in [1.82, 2.24) is 4.90 Å². The van der Waals surface area contributed by atoms with Crippen LogP contribution in [0.5, 0.6) is 0 Å². The minimum atomic E-state index is 0.0303. The van der Waals surface area contributed by atoms with Crippen LogP contribution in [0.15, 0.2) is 23.1 Å².